The molecule has 2 rings (SSSR count). The molecule has 0 bridgehead atoms. The zero-order chi connectivity index (χ0) is 13.8. The summed E-state index contributed by atoms with van der Waals surface area (Å²) in [6, 6.07) is 1.77. The highest BCUT2D eigenvalue weighted by atomic mass is 16.6. The van der Waals surface area contributed by atoms with E-state index in [1.54, 1.807) is 17.2 Å². The molecular weight excluding hydrogens is 244 g/mol. The van der Waals surface area contributed by atoms with Crippen molar-refractivity contribution in [2.75, 3.05) is 31.2 Å². The summed E-state index contributed by atoms with van der Waals surface area (Å²) in [5, 5.41) is 0. The Balaban J connectivity index is 2.02. The van der Waals surface area contributed by atoms with Crippen molar-refractivity contribution < 1.29 is 9.53 Å². The van der Waals surface area contributed by atoms with E-state index in [1.165, 1.54) is 0 Å². The van der Waals surface area contributed by atoms with Gasteiger partial charge in [-0.1, -0.05) is 0 Å². The molecule has 6 heteroatoms. The van der Waals surface area contributed by atoms with Crippen molar-refractivity contribution >= 4 is 17.6 Å². The molecule has 4 N–H and O–H groups in total. The molecule has 2 heterocycles. The monoisotopic (exact) mass is 264 g/mol. The van der Waals surface area contributed by atoms with Crippen molar-refractivity contribution in [2.24, 2.45) is 0 Å². The molecule has 0 saturated carbocycles. The first-order valence-electron chi connectivity index (χ1n) is 6.55. The van der Waals surface area contributed by atoms with Crippen molar-refractivity contribution in [3.05, 3.63) is 17.8 Å². The average Bonchev–Trinajstić information content (AvgIpc) is 2.39. The molecule has 6 nitrogen and oxygen atoms in total. The van der Waals surface area contributed by atoms with Crippen molar-refractivity contribution in [3.8, 4) is 0 Å². The predicted molar refractivity (Wildman–Crippen MR) is 73.6 cm³/mol. The van der Waals surface area contributed by atoms with Crippen molar-refractivity contribution in [1.29, 1.82) is 0 Å². The lowest BCUT2D eigenvalue weighted by molar-refractivity contribution is 0.0971. The number of likely N-dealkylation sites (tertiary alicyclic amines) is 1. The van der Waals surface area contributed by atoms with Gasteiger partial charge in [0.1, 0.15) is 5.82 Å². The van der Waals surface area contributed by atoms with Crippen molar-refractivity contribution in [2.45, 2.75) is 25.7 Å². The molecule has 0 aromatic carbocycles. The Morgan fingerprint density at radius 2 is 2.16 bits per heavy atom. The Hall–Kier alpha value is -1.98. The number of hydrogen-bond donors (Lipinski definition) is 2. The van der Waals surface area contributed by atoms with E-state index >= 15 is 0 Å². The lowest BCUT2D eigenvalue weighted by Crippen LogP contribution is -2.38. The number of aromatic nitrogens is 1. The molecule has 0 spiro atoms. The second-order valence-electron chi connectivity index (χ2n) is 4.66. The van der Waals surface area contributed by atoms with Gasteiger partial charge in [0.05, 0.1) is 6.61 Å². The van der Waals surface area contributed by atoms with E-state index in [-0.39, 0.29) is 12.0 Å². The number of carbonyl (C=O) groups is 1. The number of hydrogen-bond acceptors (Lipinski definition) is 5. The van der Waals surface area contributed by atoms with E-state index in [2.05, 4.69) is 4.98 Å². The molecule has 1 fully saturated rings. The van der Waals surface area contributed by atoms with E-state index in [4.69, 9.17) is 16.2 Å². The minimum atomic E-state index is -0.243. The third-order valence-corrected chi connectivity index (χ3v) is 3.48. The van der Waals surface area contributed by atoms with E-state index in [9.17, 15) is 4.79 Å². The van der Waals surface area contributed by atoms with Crippen LogP contribution in [0.2, 0.25) is 0 Å². The topological polar surface area (TPSA) is 94.5 Å². The third-order valence-electron chi connectivity index (χ3n) is 3.48. The standard InChI is InChI=1S/C13H20N4O2/c1-2-19-13(18)17-7-4-9(5-8-17)11-10(14)3-6-16-12(11)15/h3,6,9H,2,4-5,7-8H2,1H3,(H4,14,15,16). The number of pyridine rings is 1. The normalized spacial score (nSPS) is 16.4. The first-order valence-corrected chi connectivity index (χ1v) is 6.55. The van der Waals surface area contributed by atoms with E-state index in [1.807, 2.05) is 6.92 Å². The lowest BCUT2D eigenvalue weighted by atomic mass is 9.89. The van der Waals surface area contributed by atoms with Gasteiger partial charge in [0.2, 0.25) is 0 Å². The maximum atomic E-state index is 11.6. The largest absolute Gasteiger partial charge is 0.450 e. The molecule has 1 aromatic rings. The van der Waals surface area contributed by atoms with Crippen LogP contribution in [-0.2, 0) is 4.74 Å². The Morgan fingerprint density at radius 1 is 1.47 bits per heavy atom. The van der Waals surface area contributed by atoms with Gasteiger partial charge in [-0.05, 0) is 31.7 Å². The fraction of sp³-hybridized carbons (Fsp3) is 0.538. The van der Waals surface area contributed by atoms with E-state index in [0.717, 1.165) is 18.4 Å². The van der Waals surface area contributed by atoms with E-state index in [0.29, 0.717) is 31.2 Å². The fourth-order valence-corrected chi connectivity index (χ4v) is 2.52. The van der Waals surface area contributed by atoms with Gasteiger partial charge >= 0.3 is 6.09 Å². The van der Waals surface area contributed by atoms with Gasteiger partial charge in [-0.15, -0.1) is 0 Å². The summed E-state index contributed by atoms with van der Waals surface area (Å²) >= 11 is 0. The van der Waals surface area contributed by atoms with Crippen LogP contribution < -0.4 is 11.5 Å². The number of nitrogen functional groups attached to an aromatic ring is 2. The average molecular weight is 264 g/mol. The summed E-state index contributed by atoms with van der Waals surface area (Å²) in [6.45, 7) is 3.54. The Morgan fingerprint density at radius 3 is 2.74 bits per heavy atom. The van der Waals surface area contributed by atoms with Crippen LogP contribution in [0.1, 0.15) is 31.2 Å². The van der Waals surface area contributed by atoms with Crippen LogP contribution >= 0.6 is 0 Å². The maximum Gasteiger partial charge on any atom is 0.409 e. The summed E-state index contributed by atoms with van der Waals surface area (Å²) in [7, 11) is 0. The molecule has 1 amide bonds. The van der Waals surface area contributed by atoms with Crippen LogP contribution in [0.3, 0.4) is 0 Å². The smallest absolute Gasteiger partial charge is 0.409 e. The van der Waals surface area contributed by atoms with Gasteiger partial charge in [0.25, 0.3) is 0 Å². The number of piperidine rings is 1. The molecule has 19 heavy (non-hydrogen) atoms. The SMILES string of the molecule is CCOC(=O)N1CCC(c2c(N)ccnc2N)CC1. The molecule has 0 aliphatic carbocycles. The fourth-order valence-electron chi connectivity index (χ4n) is 2.52. The molecule has 104 valence electrons. The first kappa shape index (κ1) is 13.5. The molecule has 1 saturated heterocycles. The minimum absolute atomic E-state index is 0.243. The van der Waals surface area contributed by atoms with Gasteiger partial charge < -0.3 is 21.1 Å². The highest BCUT2D eigenvalue weighted by Crippen LogP contribution is 2.34. The number of nitrogens with zero attached hydrogens (tertiary/aromatic N) is 2. The number of ether oxygens (including phenoxy) is 1. The van der Waals surface area contributed by atoms with Crippen molar-refractivity contribution in [1.82, 2.24) is 9.88 Å². The van der Waals surface area contributed by atoms with Crippen molar-refractivity contribution in [3.63, 3.8) is 0 Å². The van der Waals surface area contributed by atoms with Crippen LogP contribution in [0.4, 0.5) is 16.3 Å². The van der Waals surface area contributed by atoms with Gasteiger partial charge in [-0.3, -0.25) is 0 Å². The number of carbonyl (C=O) groups excluding carboxylic acids is 1. The lowest BCUT2D eigenvalue weighted by Gasteiger charge is -2.32. The number of nitrogens with two attached hydrogens (primary N) is 2. The van der Waals surface area contributed by atoms with Gasteiger partial charge in [-0.2, -0.15) is 0 Å². The molecule has 1 aliphatic heterocycles. The van der Waals surface area contributed by atoms with Crippen LogP contribution in [0.5, 0.6) is 0 Å². The summed E-state index contributed by atoms with van der Waals surface area (Å²) in [5.74, 6) is 0.758. The maximum absolute atomic E-state index is 11.6. The molecule has 1 aromatic heterocycles. The number of anilines is 2. The number of amides is 1. The Labute approximate surface area is 112 Å². The van der Waals surface area contributed by atoms with Gasteiger partial charge in [-0.25, -0.2) is 9.78 Å². The summed E-state index contributed by atoms with van der Waals surface area (Å²) < 4.78 is 5.00. The van der Waals surface area contributed by atoms with Crippen LogP contribution in [-0.4, -0.2) is 35.7 Å². The van der Waals surface area contributed by atoms with Crippen LogP contribution in [0, 0.1) is 0 Å². The molecule has 0 atom stereocenters. The molecule has 0 radical (unpaired) electrons. The summed E-state index contributed by atoms with van der Waals surface area (Å²) in [6.07, 6.45) is 3.03. The summed E-state index contributed by atoms with van der Waals surface area (Å²) in [4.78, 5) is 17.4. The van der Waals surface area contributed by atoms with Gasteiger partial charge in [0.15, 0.2) is 0 Å². The number of rotatable bonds is 2. The second kappa shape index (κ2) is 5.77. The molecule has 1 aliphatic rings. The van der Waals surface area contributed by atoms with Crippen LogP contribution in [0.15, 0.2) is 12.3 Å². The molecular formula is C13H20N4O2. The quantitative estimate of drug-likeness (QED) is 0.845. The molecule has 0 unspecified atom stereocenters. The summed E-state index contributed by atoms with van der Waals surface area (Å²) in [5.41, 5.74) is 13.5. The third kappa shape index (κ3) is 2.89. The zero-order valence-corrected chi connectivity index (χ0v) is 11.1. The van der Waals surface area contributed by atoms with Gasteiger partial charge in [0, 0.05) is 30.5 Å². The van der Waals surface area contributed by atoms with E-state index < -0.39 is 0 Å². The minimum Gasteiger partial charge on any atom is -0.450 e. The highest BCUT2D eigenvalue weighted by molar-refractivity contribution is 5.68. The van der Waals surface area contributed by atoms with Crippen LogP contribution in [0.25, 0.3) is 0 Å². The second-order valence-corrected chi connectivity index (χ2v) is 4.66. The zero-order valence-electron chi connectivity index (χ0n) is 11.1. The Kier molecular flexibility index (Phi) is 4.09. The Bertz CT molecular complexity index is 436. The predicted octanol–water partition coefficient (Wildman–Crippen LogP) is 1.58. The first-order chi connectivity index (χ1) is 9.13. The highest BCUT2D eigenvalue weighted by Gasteiger charge is 2.27.